The number of aromatic hydroxyl groups is 1. The standard InChI is InChI=1S/C14H20N2O2/c1-16(10-6-3-2-4-7-10)14(18)11-8-5-9-12(17)13(11)15/h5,8-10,17H,2-4,6-7,15H2,1H3. The zero-order valence-corrected chi connectivity index (χ0v) is 10.7. The number of hydrogen-bond donors (Lipinski definition) is 2. The molecule has 0 unspecified atom stereocenters. The Balaban J connectivity index is 2.17. The summed E-state index contributed by atoms with van der Waals surface area (Å²) in [5.74, 6) is -0.131. The van der Waals surface area contributed by atoms with Crippen LogP contribution < -0.4 is 5.73 Å². The molecule has 0 bridgehead atoms. The van der Waals surface area contributed by atoms with Crippen LogP contribution in [0.3, 0.4) is 0 Å². The van der Waals surface area contributed by atoms with Gasteiger partial charge in [0.05, 0.1) is 11.3 Å². The van der Waals surface area contributed by atoms with E-state index in [1.807, 2.05) is 7.05 Å². The van der Waals surface area contributed by atoms with Crippen LogP contribution in [0.25, 0.3) is 0 Å². The number of carbonyl (C=O) groups excluding carboxylic acids is 1. The monoisotopic (exact) mass is 248 g/mol. The van der Waals surface area contributed by atoms with Crippen molar-refractivity contribution in [3.05, 3.63) is 23.8 Å². The summed E-state index contributed by atoms with van der Waals surface area (Å²) in [6.07, 6.45) is 5.73. The predicted molar refractivity (Wildman–Crippen MR) is 71.5 cm³/mol. The first-order valence-electron chi connectivity index (χ1n) is 6.46. The fourth-order valence-electron chi connectivity index (χ4n) is 2.56. The average molecular weight is 248 g/mol. The number of benzene rings is 1. The third kappa shape index (κ3) is 2.42. The average Bonchev–Trinajstić information content (AvgIpc) is 2.41. The smallest absolute Gasteiger partial charge is 0.256 e. The fraction of sp³-hybridized carbons (Fsp3) is 0.500. The summed E-state index contributed by atoms with van der Waals surface area (Å²) in [4.78, 5) is 14.1. The predicted octanol–water partition coefficient (Wildman–Crippen LogP) is 2.38. The molecule has 1 aromatic rings. The Bertz CT molecular complexity index is 439. The van der Waals surface area contributed by atoms with Gasteiger partial charge in [-0.05, 0) is 25.0 Å². The van der Waals surface area contributed by atoms with Crippen molar-refractivity contribution in [1.29, 1.82) is 0 Å². The van der Waals surface area contributed by atoms with Gasteiger partial charge in [-0.1, -0.05) is 25.3 Å². The molecule has 0 atom stereocenters. The Morgan fingerprint density at radius 2 is 2.00 bits per heavy atom. The molecule has 4 heteroatoms. The molecule has 18 heavy (non-hydrogen) atoms. The van der Waals surface area contributed by atoms with Crippen molar-refractivity contribution in [2.75, 3.05) is 12.8 Å². The summed E-state index contributed by atoms with van der Waals surface area (Å²) >= 11 is 0. The van der Waals surface area contributed by atoms with E-state index in [0.29, 0.717) is 11.6 Å². The van der Waals surface area contributed by atoms with Gasteiger partial charge in [-0.2, -0.15) is 0 Å². The molecule has 0 saturated heterocycles. The lowest BCUT2D eigenvalue weighted by atomic mass is 9.94. The number of nitrogen functional groups attached to an aromatic ring is 1. The van der Waals surface area contributed by atoms with Gasteiger partial charge in [-0.15, -0.1) is 0 Å². The molecule has 1 aliphatic carbocycles. The summed E-state index contributed by atoms with van der Waals surface area (Å²) in [5.41, 5.74) is 6.32. The van der Waals surface area contributed by atoms with E-state index in [9.17, 15) is 9.90 Å². The number of phenolic OH excluding ortho intramolecular Hbond substituents is 1. The number of phenols is 1. The summed E-state index contributed by atoms with van der Waals surface area (Å²) in [6.45, 7) is 0. The van der Waals surface area contributed by atoms with Crippen LogP contribution in [0, 0.1) is 0 Å². The van der Waals surface area contributed by atoms with E-state index < -0.39 is 0 Å². The van der Waals surface area contributed by atoms with E-state index in [1.54, 1.807) is 17.0 Å². The second-order valence-corrected chi connectivity index (χ2v) is 4.95. The lowest BCUT2D eigenvalue weighted by molar-refractivity contribution is 0.0697. The number of anilines is 1. The summed E-state index contributed by atoms with van der Waals surface area (Å²) < 4.78 is 0. The largest absolute Gasteiger partial charge is 0.506 e. The molecule has 1 amide bonds. The minimum Gasteiger partial charge on any atom is -0.506 e. The maximum absolute atomic E-state index is 12.4. The summed E-state index contributed by atoms with van der Waals surface area (Å²) in [7, 11) is 1.82. The summed E-state index contributed by atoms with van der Waals surface area (Å²) in [6, 6.07) is 5.10. The van der Waals surface area contributed by atoms with Crippen LogP contribution in [0.4, 0.5) is 5.69 Å². The van der Waals surface area contributed by atoms with Crippen LogP contribution in [0.15, 0.2) is 18.2 Å². The zero-order valence-electron chi connectivity index (χ0n) is 10.7. The number of carbonyl (C=O) groups is 1. The van der Waals surface area contributed by atoms with E-state index in [0.717, 1.165) is 12.8 Å². The molecule has 2 rings (SSSR count). The van der Waals surface area contributed by atoms with Crippen LogP contribution in [-0.4, -0.2) is 29.0 Å². The Labute approximate surface area is 107 Å². The quantitative estimate of drug-likeness (QED) is 0.623. The topological polar surface area (TPSA) is 66.6 Å². The Hall–Kier alpha value is -1.71. The highest BCUT2D eigenvalue weighted by atomic mass is 16.3. The highest BCUT2D eigenvalue weighted by molar-refractivity contribution is 6.00. The van der Waals surface area contributed by atoms with Crippen molar-refractivity contribution in [3.63, 3.8) is 0 Å². The first-order chi connectivity index (χ1) is 8.61. The maximum Gasteiger partial charge on any atom is 0.256 e. The molecule has 0 aromatic heterocycles. The first kappa shape index (κ1) is 12.7. The van der Waals surface area contributed by atoms with E-state index >= 15 is 0 Å². The van der Waals surface area contributed by atoms with E-state index in [2.05, 4.69) is 0 Å². The minimum atomic E-state index is -0.102. The molecule has 3 N–H and O–H groups in total. The van der Waals surface area contributed by atoms with Crippen LogP contribution in [-0.2, 0) is 0 Å². The van der Waals surface area contributed by atoms with Gasteiger partial charge in [0.25, 0.3) is 5.91 Å². The molecule has 1 aromatic carbocycles. The van der Waals surface area contributed by atoms with Gasteiger partial charge in [0, 0.05) is 13.1 Å². The van der Waals surface area contributed by atoms with Gasteiger partial charge in [-0.3, -0.25) is 4.79 Å². The number of para-hydroxylation sites is 1. The molecule has 0 aliphatic heterocycles. The zero-order chi connectivity index (χ0) is 13.1. The highest BCUT2D eigenvalue weighted by Gasteiger charge is 2.24. The maximum atomic E-state index is 12.4. The van der Waals surface area contributed by atoms with Crippen molar-refractivity contribution in [3.8, 4) is 5.75 Å². The van der Waals surface area contributed by atoms with Crippen LogP contribution in [0.5, 0.6) is 5.75 Å². The SMILES string of the molecule is CN(C(=O)c1cccc(O)c1N)C1CCCCC1. The molecule has 0 radical (unpaired) electrons. The van der Waals surface area contributed by atoms with Crippen LogP contribution in [0.2, 0.25) is 0 Å². The van der Waals surface area contributed by atoms with Gasteiger partial charge in [0.1, 0.15) is 5.75 Å². The van der Waals surface area contributed by atoms with Crippen molar-refractivity contribution in [2.24, 2.45) is 0 Å². The lowest BCUT2D eigenvalue weighted by Crippen LogP contribution is -2.38. The Kier molecular flexibility index (Phi) is 3.75. The van der Waals surface area contributed by atoms with Gasteiger partial charge in [0.2, 0.25) is 0 Å². The minimum absolute atomic E-state index is 0.0297. The molecule has 1 aliphatic rings. The molecular formula is C14H20N2O2. The molecular weight excluding hydrogens is 228 g/mol. The number of hydrogen-bond acceptors (Lipinski definition) is 3. The molecule has 1 fully saturated rings. The second kappa shape index (κ2) is 5.29. The van der Waals surface area contributed by atoms with Crippen molar-refractivity contribution < 1.29 is 9.90 Å². The fourth-order valence-corrected chi connectivity index (χ4v) is 2.56. The Morgan fingerprint density at radius 3 is 2.67 bits per heavy atom. The van der Waals surface area contributed by atoms with Crippen LogP contribution >= 0.6 is 0 Å². The van der Waals surface area contributed by atoms with E-state index in [4.69, 9.17) is 5.73 Å². The normalized spacial score (nSPS) is 16.5. The molecule has 98 valence electrons. The summed E-state index contributed by atoms with van der Waals surface area (Å²) in [5, 5.41) is 9.55. The van der Waals surface area contributed by atoms with E-state index in [-0.39, 0.29) is 17.3 Å². The third-order valence-electron chi connectivity index (χ3n) is 3.76. The number of nitrogens with zero attached hydrogens (tertiary/aromatic N) is 1. The van der Waals surface area contributed by atoms with Gasteiger partial charge in [0.15, 0.2) is 0 Å². The molecule has 0 spiro atoms. The van der Waals surface area contributed by atoms with Crippen molar-refractivity contribution >= 4 is 11.6 Å². The highest BCUT2D eigenvalue weighted by Crippen LogP contribution is 2.27. The van der Waals surface area contributed by atoms with Crippen molar-refractivity contribution in [2.45, 2.75) is 38.1 Å². The third-order valence-corrected chi connectivity index (χ3v) is 3.76. The number of nitrogens with two attached hydrogens (primary N) is 1. The number of rotatable bonds is 2. The molecule has 1 saturated carbocycles. The van der Waals surface area contributed by atoms with Crippen LogP contribution in [0.1, 0.15) is 42.5 Å². The van der Waals surface area contributed by atoms with Crippen molar-refractivity contribution in [1.82, 2.24) is 4.90 Å². The van der Waals surface area contributed by atoms with Gasteiger partial charge >= 0.3 is 0 Å². The molecule has 0 heterocycles. The van der Waals surface area contributed by atoms with Gasteiger partial charge < -0.3 is 15.7 Å². The number of amides is 1. The van der Waals surface area contributed by atoms with Gasteiger partial charge in [-0.25, -0.2) is 0 Å². The first-order valence-corrected chi connectivity index (χ1v) is 6.46. The molecule has 4 nitrogen and oxygen atoms in total. The van der Waals surface area contributed by atoms with E-state index in [1.165, 1.54) is 25.3 Å². The second-order valence-electron chi connectivity index (χ2n) is 4.95. The Morgan fingerprint density at radius 1 is 1.33 bits per heavy atom. The lowest BCUT2D eigenvalue weighted by Gasteiger charge is -2.31.